The molecular weight excluding hydrogens is 198 g/mol. The van der Waals surface area contributed by atoms with E-state index < -0.39 is 0 Å². The van der Waals surface area contributed by atoms with E-state index in [4.69, 9.17) is 5.73 Å². The van der Waals surface area contributed by atoms with Gasteiger partial charge in [0.25, 0.3) is 0 Å². The van der Waals surface area contributed by atoms with Gasteiger partial charge in [-0.3, -0.25) is 4.68 Å². The second kappa shape index (κ2) is 6.69. The molecule has 1 atom stereocenters. The summed E-state index contributed by atoms with van der Waals surface area (Å²) < 4.78 is 2.10. The average Bonchev–Trinajstić information content (AvgIpc) is 2.59. The number of hydrogen-bond acceptors (Lipinski definition) is 2. The molecule has 1 aromatic heterocycles. The van der Waals surface area contributed by atoms with Crippen molar-refractivity contribution in [1.82, 2.24) is 9.78 Å². The predicted octanol–water partition coefficient (Wildman–Crippen LogP) is 2.66. The van der Waals surface area contributed by atoms with Crippen molar-refractivity contribution in [3.8, 4) is 0 Å². The zero-order chi connectivity index (χ0) is 12.0. The van der Waals surface area contributed by atoms with E-state index in [1.54, 1.807) is 0 Å². The Bertz CT molecular complexity index is 304. The maximum atomic E-state index is 6.00. The first-order valence-electron chi connectivity index (χ1n) is 6.46. The SMILES string of the molecule is CCCC(N)CCCc1cc(C)nn1CC. The molecule has 0 saturated heterocycles. The summed E-state index contributed by atoms with van der Waals surface area (Å²) in [5.74, 6) is 0. The smallest absolute Gasteiger partial charge is 0.0596 e. The second-order valence-electron chi connectivity index (χ2n) is 4.53. The normalized spacial score (nSPS) is 13.0. The van der Waals surface area contributed by atoms with Crippen molar-refractivity contribution in [1.29, 1.82) is 0 Å². The summed E-state index contributed by atoms with van der Waals surface area (Å²) in [5, 5.41) is 4.45. The standard InChI is InChI=1S/C13H25N3/c1-4-7-12(14)8-6-9-13-10-11(3)15-16(13)5-2/h10,12H,4-9,14H2,1-3H3. The van der Waals surface area contributed by atoms with Crippen LogP contribution >= 0.6 is 0 Å². The quantitative estimate of drug-likeness (QED) is 0.772. The number of hydrogen-bond donors (Lipinski definition) is 1. The summed E-state index contributed by atoms with van der Waals surface area (Å²) in [6.45, 7) is 7.34. The van der Waals surface area contributed by atoms with Crippen LogP contribution in [0.15, 0.2) is 6.07 Å². The minimum atomic E-state index is 0.379. The van der Waals surface area contributed by atoms with Crippen LogP contribution in [0, 0.1) is 6.92 Å². The predicted molar refractivity (Wildman–Crippen MR) is 68.5 cm³/mol. The van der Waals surface area contributed by atoms with Crippen LogP contribution in [0.3, 0.4) is 0 Å². The Morgan fingerprint density at radius 1 is 1.38 bits per heavy atom. The number of nitrogens with two attached hydrogens (primary N) is 1. The fraction of sp³-hybridized carbons (Fsp3) is 0.769. The Morgan fingerprint density at radius 2 is 2.12 bits per heavy atom. The summed E-state index contributed by atoms with van der Waals surface area (Å²) >= 11 is 0. The molecule has 0 bridgehead atoms. The van der Waals surface area contributed by atoms with Gasteiger partial charge in [0.05, 0.1) is 5.69 Å². The molecule has 1 rings (SSSR count). The number of rotatable bonds is 7. The second-order valence-corrected chi connectivity index (χ2v) is 4.53. The lowest BCUT2D eigenvalue weighted by Gasteiger charge is -2.10. The van der Waals surface area contributed by atoms with E-state index in [-0.39, 0.29) is 0 Å². The van der Waals surface area contributed by atoms with E-state index in [2.05, 4.69) is 36.6 Å². The first-order chi connectivity index (χ1) is 7.67. The van der Waals surface area contributed by atoms with Crippen molar-refractivity contribution < 1.29 is 0 Å². The maximum Gasteiger partial charge on any atom is 0.0596 e. The molecule has 16 heavy (non-hydrogen) atoms. The Kier molecular flexibility index (Phi) is 5.53. The lowest BCUT2D eigenvalue weighted by Crippen LogP contribution is -2.19. The molecule has 0 saturated carbocycles. The Balaban J connectivity index is 2.36. The summed E-state index contributed by atoms with van der Waals surface area (Å²) in [6.07, 6.45) is 5.74. The van der Waals surface area contributed by atoms with Gasteiger partial charge in [0, 0.05) is 18.3 Å². The van der Waals surface area contributed by atoms with Crippen molar-refractivity contribution in [3.63, 3.8) is 0 Å². The van der Waals surface area contributed by atoms with Crippen molar-refractivity contribution in [3.05, 3.63) is 17.5 Å². The Labute approximate surface area is 99.0 Å². The van der Waals surface area contributed by atoms with Crippen LogP contribution in [0.2, 0.25) is 0 Å². The van der Waals surface area contributed by atoms with Gasteiger partial charge in [0.15, 0.2) is 0 Å². The zero-order valence-corrected chi connectivity index (χ0v) is 10.9. The maximum absolute atomic E-state index is 6.00. The summed E-state index contributed by atoms with van der Waals surface area (Å²) in [6, 6.07) is 2.57. The van der Waals surface area contributed by atoms with Gasteiger partial charge in [-0.25, -0.2) is 0 Å². The fourth-order valence-corrected chi connectivity index (χ4v) is 2.13. The first kappa shape index (κ1) is 13.2. The van der Waals surface area contributed by atoms with E-state index >= 15 is 0 Å². The molecule has 0 radical (unpaired) electrons. The molecule has 3 heteroatoms. The monoisotopic (exact) mass is 223 g/mol. The van der Waals surface area contributed by atoms with Gasteiger partial charge in [-0.1, -0.05) is 13.3 Å². The fourth-order valence-electron chi connectivity index (χ4n) is 2.13. The van der Waals surface area contributed by atoms with Crippen LogP contribution in [0.25, 0.3) is 0 Å². The van der Waals surface area contributed by atoms with E-state index in [0.29, 0.717) is 6.04 Å². The van der Waals surface area contributed by atoms with Crippen LogP contribution in [0.5, 0.6) is 0 Å². The number of aryl methyl sites for hydroxylation is 3. The minimum absolute atomic E-state index is 0.379. The number of nitrogens with zero attached hydrogens (tertiary/aromatic N) is 2. The highest BCUT2D eigenvalue weighted by atomic mass is 15.3. The average molecular weight is 223 g/mol. The highest BCUT2D eigenvalue weighted by Crippen LogP contribution is 2.10. The van der Waals surface area contributed by atoms with Crippen LogP contribution in [-0.4, -0.2) is 15.8 Å². The van der Waals surface area contributed by atoms with E-state index in [9.17, 15) is 0 Å². The molecule has 3 nitrogen and oxygen atoms in total. The molecule has 0 fully saturated rings. The molecule has 2 N–H and O–H groups in total. The van der Waals surface area contributed by atoms with E-state index in [1.165, 1.54) is 18.5 Å². The molecule has 0 aliphatic rings. The molecule has 0 aliphatic carbocycles. The molecule has 1 heterocycles. The van der Waals surface area contributed by atoms with Gasteiger partial charge in [0.2, 0.25) is 0 Å². The highest BCUT2D eigenvalue weighted by molar-refractivity contribution is 5.08. The third kappa shape index (κ3) is 3.97. The van der Waals surface area contributed by atoms with Crippen LogP contribution in [-0.2, 0) is 13.0 Å². The minimum Gasteiger partial charge on any atom is -0.328 e. The van der Waals surface area contributed by atoms with Gasteiger partial charge in [0.1, 0.15) is 0 Å². The van der Waals surface area contributed by atoms with Crippen LogP contribution < -0.4 is 5.73 Å². The van der Waals surface area contributed by atoms with Gasteiger partial charge in [-0.05, 0) is 45.6 Å². The molecule has 0 aromatic carbocycles. The molecular formula is C13H25N3. The number of aromatic nitrogens is 2. The van der Waals surface area contributed by atoms with E-state index in [0.717, 1.165) is 31.5 Å². The molecule has 0 amide bonds. The molecule has 1 unspecified atom stereocenters. The zero-order valence-electron chi connectivity index (χ0n) is 10.9. The lowest BCUT2D eigenvalue weighted by molar-refractivity contribution is 0.526. The highest BCUT2D eigenvalue weighted by Gasteiger charge is 2.05. The lowest BCUT2D eigenvalue weighted by atomic mass is 10.0. The largest absolute Gasteiger partial charge is 0.328 e. The topological polar surface area (TPSA) is 43.8 Å². The Morgan fingerprint density at radius 3 is 2.75 bits per heavy atom. The van der Waals surface area contributed by atoms with E-state index in [1.807, 2.05) is 0 Å². The Hall–Kier alpha value is -0.830. The molecule has 0 aliphatic heterocycles. The van der Waals surface area contributed by atoms with Crippen LogP contribution in [0.1, 0.15) is 50.9 Å². The molecule has 1 aromatic rings. The first-order valence-corrected chi connectivity index (χ1v) is 6.46. The van der Waals surface area contributed by atoms with Crippen molar-refractivity contribution in [2.24, 2.45) is 5.73 Å². The van der Waals surface area contributed by atoms with Crippen molar-refractivity contribution in [2.75, 3.05) is 0 Å². The van der Waals surface area contributed by atoms with Crippen molar-refractivity contribution >= 4 is 0 Å². The van der Waals surface area contributed by atoms with Gasteiger partial charge in [-0.2, -0.15) is 5.10 Å². The molecule has 92 valence electrons. The summed E-state index contributed by atoms with van der Waals surface area (Å²) in [7, 11) is 0. The van der Waals surface area contributed by atoms with Gasteiger partial charge >= 0.3 is 0 Å². The van der Waals surface area contributed by atoms with Crippen LogP contribution in [0.4, 0.5) is 0 Å². The third-order valence-electron chi connectivity index (χ3n) is 2.95. The third-order valence-corrected chi connectivity index (χ3v) is 2.95. The molecule has 0 spiro atoms. The van der Waals surface area contributed by atoms with Gasteiger partial charge in [-0.15, -0.1) is 0 Å². The summed E-state index contributed by atoms with van der Waals surface area (Å²) in [4.78, 5) is 0. The van der Waals surface area contributed by atoms with Crippen molar-refractivity contribution in [2.45, 2.75) is 65.5 Å². The van der Waals surface area contributed by atoms with Gasteiger partial charge < -0.3 is 5.73 Å². The summed E-state index contributed by atoms with van der Waals surface area (Å²) in [5.41, 5.74) is 8.47.